The van der Waals surface area contributed by atoms with Gasteiger partial charge in [-0.1, -0.05) is 0 Å². The molecule has 0 aromatic heterocycles. The predicted octanol–water partition coefficient (Wildman–Crippen LogP) is 2.12. The topological polar surface area (TPSA) is 98.5 Å². The van der Waals surface area contributed by atoms with Crippen LogP contribution in [-0.2, 0) is 10.0 Å². The van der Waals surface area contributed by atoms with Gasteiger partial charge in [0.15, 0.2) is 0 Å². The number of benzene rings is 2. The minimum Gasteiger partial charge on any atom is -0.493 e. The lowest BCUT2D eigenvalue weighted by Crippen LogP contribution is -2.28. The van der Waals surface area contributed by atoms with Crippen LogP contribution in [0.3, 0.4) is 0 Å². The lowest BCUT2D eigenvalue weighted by Gasteiger charge is -2.18. The standard InChI is InChI=1S/C17H17FN2O4S/c18-12-5-8-16-14(10-12)15(2-1-9-24-16)20-17(21)11-3-6-13(7-4-11)25(19,22)23/h3-8,10,15H,1-2,9H2,(H,20,21)(H2,19,22,23)/t15-/m0/s1. The van der Waals surface area contributed by atoms with Crippen LogP contribution in [0.2, 0.25) is 0 Å². The molecular weight excluding hydrogens is 347 g/mol. The highest BCUT2D eigenvalue weighted by molar-refractivity contribution is 7.89. The van der Waals surface area contributed by atoms with E-state index in [9.17, 15) is 17.6 Å². The number of nitrogens with one attached hydrogen (secondary N) is 1. The smallest absolute Gasteiger partial charge is 0.251 e. The molecule has 2 aromatic rings. The first-order valence-electron chi connectivity index (χ1n) is 7.70. The average molecular weight is 364 g/mol. The maximum atomic E-state index is 13.6. The summed E-state index contributed by atoms with van der Waals surface area (Å²) in [5.41, 5.74) is 0.877. The number of carbonyl (C=O) groups is 1. The lowest BCUT2D eigenvalue weighted by molar-refractivity contribution is 0.0934. The summed E-state index contributed by atoms with van der Waals surface area (Å²) < 4.78 is 41.7. The largest absolute Gasteiger partial charge is 0.493 e. The van der Waals surface area contributed by atoms with Crippen LogP contribution in [0.1, 0.15) is 34.8 Å². The van der Waals surface area contributed by atoms with E-state index in [-0.39, 0.29) is 16.4 Å². The van der Waals surface area contributed by atoms with Gasteiger partial charge in [-0.25, -0.2) is 17.9 Å². The minimum absolute atomic E-state index is 0.0701. The molecule has 25 heavy (non-hydrogen) atoms. The molecule has 0 saturated carbocycles. The van der Waals surface area contributed by atoms with E-state index in [0.717, 1.165) is 0 Å². The molecule has 8 heteroatoms. The number of halogens is 1. The van der Waals surface area contributed by atoms with Gasteiger partial charge in [-0.15, -0.1) is 0 Å². The quantitative estimate of drug-likeness (QED) is 0.871. The second kappa shape index (κ2) is 6.81. The third kappa shape index (κ3) is 3.97. The summed E-state index contributed by atoms with van der Waals surface area (Å²) in [5, 5.41) is 7.89. The first kappa shape index (κ1) is 17.4. The Labute approximate surface area is 144 Å². The van der Waals surface area contributed by atoms with Crippen LogP contribution in [0, 0.1) is 5.82 Å². The Morgan fingerprint density at radius 2 is 1.92 bits per heavy atom. The second-order valence-corrected chi connectivity index (χ2v) is 7.33. The number of ether oxygens (including phenoxy) is 1. The molecular formula is C17H17FN2O4S. The Balaban J connectivity index is 1.82. The molecule has 3 N–H and O–H groups in total. The molecule has 1 aliphatic heterocycles. The number of rotatable bonds is 3. The van der Waals surface area contributed by atoms with Gasteiger partial charge in [0, 0.05) is 11.1 Å². The zero-order valence-corrected chi connectivity index (χ0v) is 14.1. The van der Waals surface area contributed by atoms with E-state index in [1.54, 1.807) is 6.07 Å². The Bertz CT molecular complexity index is 897. The van der Waals surface area contributed by atoms with Crippen LogP contribution in [-0.4, -0.2) is 20.9 Å². The van der Waals surface area contributed by atoms with E-state index < -0.39 is 21.9 Å². The molecule has 0 fully saturated rings. The SMILES string of the molecule is NS(=O)(=O)c1ccc(C(=O)N[C@H]2CCCOc3ccc(F)cc32)cc1. The fourth-order valence-corrected chi connectivity index (χ4v) is 3.25. The zero-order valence-electron chi connectivity index (χ0n) is 13.2. The van der Waals surface area contributed by atoms with Crippen LogP contribution in [0.25, 0.3) is 0 Å². The summed E-state index contributed by atoms with van der Waals surface area (Å²) in [6.45, 7) is 0.494. The highest BCUT2D eigenvalue weighted by Gasteiger charge is 2.23. The molecule has 6 nitrogen and oxygen atoms in total. The summed E-state index contributed by atoms with van der Waals surface area (Å²) in [6.07, 6.45) is 1.32. The first-order valence-corrected chi connectivity index (χ1v) is 9.25. The van der Waals surface area contributed by atoms with Crippen molar-refractivity contribution in [2.75, 3.05) is 6.61 Å². The number of hydrogen-bond acceptors (Lipinski definition) is 4. The summed E-state index contributed by atoms with van der Waals surface area (Å²) in [5.74, 6) is -0.238. The molecule has 0 aliphatic carbocycles. The van der Waals surface area contributed by atoms with Crippen LogP contribution in [0.15, 0.2) is 47.4 Å². The number of hydrogen-bond donors (Lipinski definition) is 2. The molecule has 0 spiro atoms. The Hall–Kier alpha value is -2.45. The number of carbonyl (C=O) groups excluding carboxylic acids is 1. The molecule has 1 heterocycles. The highest BCUT2D eigenvalue weighted by Crippen LogP contribution is 2.32. The summed E-state index contributed by atoms with van der Waals surface area (Å²) >= 11 is 0. The van der Waals surface area contributed by atoms with Gasteiger partial charge >= 0.3 is 0 Å². The van der Waals surface area contributed by atoms with E-state index >= 15 is 0 Å². The average Bonchev–Trinajstić information content (AvgIpc) is 2.76. The fraction of sp³-hybridized carbons (Fsp3) is 0.235. The second-order valence-electron chi connectivity index (χ2n) is 5.77. The molecule has 0 bridgehead atoms. The molecule has 0 radical (unpaired) electrons. The number of fused-ring (bicyclic) bond motifs is 1. The molecule has 1 atom stereocenters. The third-order valence-electron chi connectivity index (χ3n) is 3.99. The van der Waals surface area contributed by atoms with Crippen molar-refractivity contribution in [1.82, 2.24) is 5.32 Å². The normalized spacial score (nSPS) is 17.1. The molecule has 2 aromatic carbocycles. The molecule has 0 unspecified atom stereocenters. The van der Waals surface area contributed by atoms with E-state index in [1.165, 1.54) is 36.4 Å². The van der Waals surface area contributed by atoms with Crippen molar-refractivity contribution >= 4 is 15.9 Å². The van der Waals surface area contributed by atoms with Gasteiger partial charge in [0.25, 0.3) is 5.91 Å². The Morgan fingerprint density at radius 1 is 1.20 bits per heavy atom. The number of primary sulfonamides is 1. The van der Waals surface area contributed by atoms with Gasteiger partial charge in [0.05, 0.1) is 17.5 Å². The molecule has 1 amide bonds. The number of sulfonamides is 1. The first-order chi connectivity index (χ1) is 11.8. The van der Waals surface area contributed by atoms with Crippen molar-refractivity contribution in [2.24, 2.45) is 5.14 Å². The van der Waals surface area contributed by atoms with E-state index in [2.05, 4.69) is 5.32 Å². The van der Waals surface area contributed by atoms with Crippen LogP contribution < -0.4 is 15.2 Å². The van der Waals surface area contributed by atoms with Crippen LogP contribution >= 0.6 is 0 Å². The van der Waals surface area contributed by atoms with Crippen molar-refractivity contribution in [3.63, 3.8) is 0 Å². The predicted molar refractivity (Wildman–Crippen MR) is 89.2 cm³/mol. The zero-order chi connectivity index (χ0) is 18.0. The molecule has 132 valence electrons. The molecule has 3 rings (SSSR count). The van der Waals surface area contributed by atoms with E-state index in [4.69, 9.17) is 9.88 Å². The van der Waals surface area contributed by atoms with Gasteiger partial charge < -0.3 is 10.1 Å². The van der Waals surface area contributed by atoms with E-state index in [0.29, 0.717) is 30.8 Å². The third-order valence-corrected chi connectivity index (χ3v) is 4.92. The van der Waals surface area contributed by atoms with E-state index in [1.807, 2.05) is 0 Å². The van der Waals surface area contributed by atoms with Crippen molar-refractivity contribution in [3.8, 4) is 5.75 Å². The number of nitrogens with two attached hydrogens (primary N) is 1. The van der Waals surface area contributed by atoms with Gasteiger partial charge in [0.2, 0.25) is 10.0 Å². The van der Waals surface area contributed by atoms with Gasteiger partial charge in [0.1, 0.15) is 11.6 Å². The lowest BCUT2D eigenvalue weighted by atomic mass is 10.0. The summed E-state index contributed by atoms with van der Waals surface area (Å²) in [4.78, 5) is 12.4. The summed E-state index contributed by atoms with van der Waals surface area (Å²) in [6, 6.07) is 9.14. The fourth-order valence-electron chi connectivity index (χ4n) is 2.74. The molecule has 1 aliphatic rings. The van der Waals surface area contributed by atoms with Crippen molar-refractivity contribution in [1.29, 1.82) is 0 Å². The summed E-state index contributed by atoms with van der Waals surface area (Å²) in [7, 11) is -3.81. The van der Waals surface area contributed by atoms with Crippen molar-refractivity contribution in [3.05, 3.63) is 59.4 Å². The maximum Gasteiger partial charge on any atom is 0.251 e. The monoisotopic (exact) mass is 364 g/mol. The van der Waals surface area contributed by atoms with Crippen molar-refractivity contribution in [2.45, 2.75) is 23.8 Å². The highest BCUT2D eigenvalue weighted by atomic mass is 32.2. The minimum atomic E-state index is -3.81. The number of amides is 1. The van der Waals surface area contributed by atoms with Gasteiger partial charge in [-0.2, -0.15) is 0 Å². The van der Waals surface area contributed by atoms with Crippen LogP contribution in [0.4, 0.5) is 4.39 Å². The van der Waals surface area contributed by atoms with Gasteiger partial charge in [-0.3, -0.25) is 4.79 Å². The Kier molecular flexibility index (Phi) is 4.73. The van der Waals surface area contributed by atoms with Gasteiger partial charge in [-0.05, 0) is 55.3 Å². The Morgan fingerprint density at radius 3 is 2.60 bits per heavy atom. The maximum absolute atomic E-state index is 13.6. The van der Waals surface area contributed by atoms with Crippen molar-refractivity contribution < 1.29 is 22.3 Å². The molecule has 0 saturated heterocycles. The van der Waals surface area contributed by atoms with Crippen LogP contribution in [0.5, 0.6) is 5.75 Å².